The minimum atomic E-state index is 0.487. The molecule has 1 fully saturated rings. The van der Waals surface area contributed by atoms with E-state index in [1.54, 1.807) is 12.1 Å². The van der Waals surface area contributed by atoms with Gasteiger partial charge >= 0.3 is 5.69 Å². The number of rotatable bonds is 1. The Morgan fingerprint density at radius 3 is 2.56 bits per heavy atom. The van der Waals surface area contributed by atoms with Crippen molar-refractivity contribution in [2.75, 3.05) is 18.0 Å². The average molecular weight is 213 g/mol. The van der Waals surface area contributed by atoms with Crippen LogP contribution in [0.5, 0.6) is 0 Å². The molecule has 2 rings (SSSR count). The van der Waals surface area contributed by atoms with Crippen LogP contribution in [-0.4, -0.2) is 13.1 Å². The van der Waals surface area contributed by atoms with Crippen molar-refractivity contribution in [3.05, 3.63) is 28.7 Å². The molecule has 0 unspecified atom stereocenters. The minimum Gasteiger partial charge on any atom is -0.365 e. The number of diazo groups is 1. The first kappa shape index (κ1) is 10.4. The lowest BCUT2D eigenvalue weighted by Gasteiger charge is -2.27. The van der Waals surface area contributed by atoms with Crippen molar-refractivity contribution in [2.45, 2.75) is 19.3 Å². The number of benzene rings is 1. The van der Waals surface area contributed by atoms with Crippen LogP contribution in [0.25, 0.3) is 4.98 Å². The Morgan fingerprint density at radius 2 is 1.94 bits per heavy atom. The zero-order chi connectivity index (χ0) is 11.4. The van der Waals surface area contributed by atoms with Crippen molar-refractivity contribution >= 4 is 11.4 Å². The van der Waals surface area contributed by atoms with Gasteiger partial charge in [-0.1, -0.05) is 0 Å². The van der Waals surface area contributed by atoms with Crippen LogP contribution in [0, 0.1) is 16.7 Å². The third-order valence-corrected chi connectivity index (χ3v) is 2.91. The molecular weight excluding hydrogens is 200 g/mol. The number of piperidine rings is 1. The molecule has 0 N–H and O–H groups in total. The van der Waals surface area contributed by atoms with Crippen molar-refractivity contribution in [1.82, 2.24) is 0 Å². The monoisotopic (exact) mass is 213 g/mol. The molecule has 0 bridgehead atoms. The molecule has 4 nitrogen and oxygen atoms in total. The Morgan fingerprint density at radius 1 is 1.19 bits per heavy atom. The number of nitrogens with zero attached hydrogens (tertiary/aromatic N) is 4. The number of hydrogen-bond acceptors (Lipinski definition) is 3. The predicted molar refractivity (Wildman–Crippen MR) is 62.0 cm³/mol. The summed E-state index contributed by atoms with van der Waals surface area (Å²) in [4.78, 5) is 5.47. The maximum Gasteiger partial charge on any atom is 0.409 e. The van der Waals surface area contributed by atoms with Gasteiger partial charge in [0.05, 0.1) is 17.7 Å². The summed E-state index contributed by atoms with van der Waals surface area (Å²) in [7, 11) is 0. The lowest BCUT2D eigenvalue weighted by atomic mass is 10.1. The van der Waals surface area contributed by atoms with Gasteiger partial charge in [0.1, 0.15) is 5.69 Å². The Labute approximate surface area is 94.7 Å². The van der Waals surface area contributed by atoms with Gasteiger partial charge in [-0.15, -0.1) is 0 Å². The molecule has 1 aliphatic heterocycles. The van der Waals surface area contributed by atoms with E-state index < -0.39 is 0 Å². The fourth-order valence-electron chi connectivity index (χ4n) is 2.08. The lowest BCUT2D eigenvalue weighted by Crippen LogP contribution is -2.29. The predicted octanol–water partition coefficient (Wildman–Crippen LogP) is 3.03. The highest BCUT2D eigenvalue weighted by Gasteiger charge is 2.21. The summed E-state index contributed by atoms with van der Waals surface area (Å²) < 4.78 is 0. The van der Waals surface area contributed by atoms with Gasteiger partial charge in [0.25, 0.3) is 0 Å². The van der Waals surface area contributed by atoms with E-state index in [1.807, 2.05) is 12.1 Å². The standard InChI is InChI=1S/C12H13N4/c13-9-10-4-5-12(11(8-10)15-14)16-6-2-1-3-7-16/h4-5,8H,1-3,6-7H2/q+1. The van der Waals surface area contributed by atoms with E-state index in [4.69, 9.17) is 10.7 Å². The first-order valence-corrected chi connectivity index (χ1v) is 5.49. The van der Waals surface area contributed by atoms with Crippen LogP contribution in [0.2, 0.25) is 0 Å². The van der Waals surface area contributed by atoms with Crippen molar-refractivity contribution in [1.29, 1.82) is 10.7 Å². The van der Waals surface area contributed by atoms with Crippen LogP contribution >= 0.6 is 0 Å². The molecule has 4 heteroatoms. The molecule has 1 aromatic rings. The third kappa shape index (κ3) is 1.97. The summed E-state index contributed by atoms with van der Waals surface area (Å²) in [5.74, 6) is 0. The van der Waals surface area contributed by atoms with E-state index in [0.717, 1.165) is 18.8 Å². The van der Waals surface area contributed by atoms with E-state index in [9.17, 15) is 0 Å². The fraction of sp³-hybridized carbons (Fsp3) is 0.417. The molecule has 0 saturated carbocycles. The molecule has 0 radical (unpaired) electrons. The maximum absolute atomic E-state index is 8.96. The summed E-state index contributed by atoms with van der Waals surface area (Å²) in [5.41, 5.74) is 1.93. The van der Waals surface area contributed by atoms with E-state index in [0.29, 0.717) is 11.3 Å². The second-order valence-electron chi connectivity index (χ2n) is 3.96. The van der Waals surface area contributed by atoms with Gasteiger partial charge in [-0.2, -0.15) is 5.26 Å². The summed E-state index contributed by atoms with van der Waals surface area (Å²) in [6.07, 6.45) is 3.61. The first-order valence-electron chi connectivity index (χ1n) is 5.49. The topological polar surface area (TPSA) is 55.2 Å². The smallest absolute Gasteiger partial charge is 0.365 e. The third-order valence-electron chi connectivity index (χ3n) is 2.91. The number of anilines is 1. The van der Waals surface area contributed by atoms with E-state index in [2.05, 4.69) is 9.88 Å². The molecule has 1 saturated heterocycles. The van der Waals surface area contributed by atoms with Crippen LogP contribution in [0.1, 0.15) is 24.8 Å². The second kappa shape index (κ2) is 4.63. The molecule has 16 heavy (non-hydrogen) atoms. The Balaban J connectivity index is 2.33. The van der Waals surface area contributed by atoms with Gasteiger partial charge in [0, 0.05) is 13.1 Å². The quantitative estimate of drug-likeness (QED) is 0.674. The van der Waals surface area contributed by atoms with Crippen molar-refractivity contribution in [2.24, 2.45) is 0 Å². The van der Waals surface area contributed by atoms with Crippen LogP contribution in [0.4, 0.5) is 11.4 Å². The molecule has 1 aromatic carbocycles. The highest BCUT2D eigenvalue weighted by atomic mass is 15.1. The van der Waals surface area contributed by atoms with Crippen molar-refractivity contribution < 1.29 is 0 Å². The maximum atomic E-state index is 8.96. The van der Waals surface area contributed by atoms with Crippen LogP contribution in [0.15, 0.2) is 18.2 Å². The minimum absolute atomic E-state index is 0.487. The molecule has 0 aromatic heterocycles. The van der Waals surface area contributed by atoms with Crippen LogP contribution in [-0.2, 0) is 0 Å². The highest BCUT2D eigenvalue weighted by Crippen LogP contribution is 2.31. The van der Waals surface area contributed by atoms with E-state index in [-0.39, 0.29) is 0 Å². The normalized spacial score (nSPS) is 15.2. The molecule has 0 atom stereocenters. The van der Waals surface area contributed by atoms with Gasteiger partial charge in [0.2, 0.25) is 5.39 Å². The van der Waals surface area contributed by atoms with Crippen LogP contribution in [0.3, 0.4) is 0 Å². The van der Waals surface area contributed by atoms with Crippen LogP contribution < -0.4 is 4.90 Å². The lowest BCUT2D eigenvalue weighted by molar-refractivity contribution is 0.578. The summed E-state index contributed by atoms with van der Waals surface area (Å²) in [6.45, 7) is 1.99. The van der Waals surface area contributed by atoms with Gasteiger partial charge in [0.15, 0.2) is 4.98 Å². The summed E-state index contributed by atoms with van der Waals surface area (Å²) in [5, 5.41) is 17.7. The SMILES string of the molecule is N#Cc1ccc(N2CCCCC2)c([N+]#N)c1. The molecular formula is C12H13N4+. The molecule has 1 heterocycles. The summed E-state index contributed by atoms with van der Waals surface area (Å²) >= 11 is 0. The number of hydrogen-bond donors (Lipinski definition) is 0. The van der Waals surface area contributed by atoms with Crippen molar-refractivity contribution in [3.8, 4) is 6.07 Å². The van der Waals surface area contributed by atoms with E-state index >= 15 is 0 Å². The average Bonchev–Trinajstić information content (AvgIpc) is 2.39. The fourth-order valence-corrected chi connectivity index (χ4v) is 2.08. The van der Waals surface area contributed by atoms with Crippen molar-refractivity contribution in [3.63, 3.8) is 0 Å². The Kier molecular flexibility index (Phi) is 3.03. The zero-order valence-electron chi connectivity index (χ0n) is 9.06. The first-order chi connectivity index (χ1) is 7.85. The van der Waals surface area contributed by atoms with Gasteiger partial charge in [-0.05, 0) is 31.4 Å². The molecule has 80 valence electrons. The Hall–Kier alpha value is -2.07. The molecule has 1 aliphatic rings. The van der Waals surface area contributed by atoms with Gasteiger partial charge in [-0.25, -0.2) is 0 Å². The second-order valence-corrected chi connectivity index (χ2v) is 3.96. The Bertz CT molecular complexity index is 461. The van der Waals surface area contributed by atoms with Gasteiger partial charge < -0.3 is 4.90 Å². The van der Waals surface area contributed by atoms with Gasteiger partial charge in [-0.3, -0.25) is 0 Å². The molecule has 0 aliphatic carbocycles. The number of nitriles is 1. The van der Waals surface area contributed by atoms with E-state index in [1.165, 1.54) is 19.3 Å². The summed E-state index contributed by atoms with van der Waals surface area (Å²) in [6, 6.07) is 7.28. The molecule has 0 spiro atoms. The highest BCUT2D eigenvalue weighted by molar-refractivity contribution is 5.72. The largest absolute Gasteiger partial charge is 0.409 e. The molecule has 0 amide bonds. The zero-order valence-corrected chi connectivity index (χ0v) is 9.06.